The summed E-state index contributed by atoms with van der Waals surface area (Å²) in [7, 11) is 0. The fourth-order valence-electron chi connectivity index (χ4n) is 1.68. The van der Waals surface area contributed by atoms with Crippen molar-refractivity contribution in [2.24, 2.45) is 0 Å². The molecule has 0 heterocycles. The van der Waals surface area contributed by atoms with E-state index in [9.17, 15) is 0 Å². The molecule has 0 saturated heterocycles. The second kappa shape index (κ2) is 8.81. The molecular weight excluding hydrogens is 224 g/mol. The van der Waals surface area contributed by atoms with Gasteiger partial charge in [0.1, 0.15) is 5.75 Å². The summed E-state index contributed by atoms with van der Waals surface area (Å²) in [4.78, 5) is 0. The summed E-state index contributed by atoms with van der Waals surface area (Å²) in [5.74, 6) is 0.932. The minimum Gasteiger partial charge on any atom is -0.489 e. The van der Waals surface area contributed by atoms with E-state index in [4.69, 9.17) is 4.74 Å². The summed E-state index contributed by atoms with van der Waals surface area (Å²) in [6.45, 7) is 9.30. The standard InChI is InChI=1S/C15H26N2O/c1-4-5-10-16-11-12-17-14-8-6-7-9-15(14)18-13(2)3/h6-9,13,16-17H,4-5,10-12H2,1-3H3. The Labute approximate surface area is 111 Å². The van der Waals surface area contributed by atoms with Gasteiger partial charge in [0, 0.05) is 13.1 Å². The number of hydrogen-bond donors (Lipinski definition) is 2. The van der Waals surface area contributed by atoms with Crippen LogP contribution in [-0.2, 0) is 0 Å². The van der Waals surface area contributed by atoms with E-state index in [2.05, 4.69) is 23.6 Å². The van der Waals surface area contributed by atoms with Gasteiger partial charge in [-0.15, -0.1) is 0 Å². The van der Waals surface area contributed by atoms with E-state index in [1.165, 1.54) is 12.8 Å². The topological polar surface area (TPSA) is 33.3 Å². The molecule has 1 aromatic carbocycles. The quantitative estimate of drug-likeness (QED) is 0.660. The maximum absolute atomic E-state index is 5.76. The van der Waals surface area contributed by atoms with E-state index < -0.39 is 0 Å². The number of rotatable bonds is 9. The first kappa shape index (κ1) is 14.8. The molecule has 0 bridgehead atoms. The van der Waals surface area contributed by atoms with Crippen LogP contribution in [0.2, 0.25) is 0 Å². The molecule has 0 atom stereocenters. The summed E-state index contributed by atoms with van der Waals surface area (Å²) in [6.07, 6.45) is 2.69. The normalized spacial score (nSPS) is 10.7. The number of unbranched alkanes of at least 4 members (excludes halogenated alkanes) is 1. The summed E-state index contributed by atoms with van der Waals surface area (Å²) >= 11 is 0. The Hall–Kier alpha value is -1.22. The van der Waals surface area contributed by atoms with Crippen LogP contribution in [0.3, 0.4) is 0 Å². The number of anilines is 1. The number of hydrogen-bond acceptors (Lipinski definition) is 3. The van der Waals surface area contributed by atoms with E-state index in [0.717, 1.165) is 31.1 Å². The lowest BCUT2D eigenvalue weighted by molar-refractivity contribution is 0.243. The van der Waals surface area contributed by atoms with Gasteiger partial charge < -0.3 is 15.4 Å². The van der Waals surface area contributed by atoms with Crippen LogP contribution in [0, 0.1) is 0 Å². The maximum Gasteiger partial charge on any atom is 0.142 e. The van der Waals surface area contributed by atoms with E-state index in [0.29, 0.717) is 0 Å². The zero-order valence-corrected chi connectivity index (χ0v) is 11.8. The van der Waals surface area contributed by atoms with Crippen LogP contribution in [0.4, 0.5) is 5.69 Å². The lowest BCUT2D eigenvalue weighted by Gasteiger charge is -2.15. The molecule has 3 heteroatoms. The molecule has 0 aromatic heterocycles. The van der Waals surface area contributed by atoms with Crippen molar-refractivity contribution in [2.45, 2.75) is 39.7 Å². The van der Waals surface area contributed by atoms with Gasteiger partial charge in [-0.3, -0.25) is 0 Å². The van der Waals surface area contributed by atoms with Crippen LogP contribution in [0.1, 0.15) is 33.6 Å². The van der Waals surface area contributed by atoms with Gasteiger partial charge in [0.05, 0.1) is 11.8 Å². The zero-order valence-electron chi connectivity index (χ0n) is 11.8. The minimum atomic E-state index is 0.204. The highest BCUT2D eigenvalue weighted by Crippen LogP contribution is 2.24. The number of nitrogens with one attached hydrogen (secondary N) is 2. The average Bonchev–Trinajstić information content (AvgIpc) is 2.35. The van der Waals surface area contributed by atoms with Crippen LogP contribution >= 0.6 is 0 Å². The number of para-hydroxylation sites is 2. The Morgan fingerprint density at radius 1 is 1.11 bits per heavy atom. The summed E-state index contributed by atoms with van der Waals surface area (Å²) in [5, 5.41) is 6.82. The molecule has 0 radical (unpaired) electrons. The van der Waals surface area contributed by atoms with Crippen molar-refractivity contribution in [3.8, 4) is 5.75 Å². The first-order valence-electron chi connectivity index (χ1n) is 6.94. The molecule has 18 heavy (non-hydrogen) atoms. The summed E-state index contributed by atoms with van der Waals surface area (Å²) in [6, 6.07) is 8.10. The fraction of sp³-hybridized carbons (Fsp3) is 0.600. The van der Waals surface area contributed by atoms with Crippen molar-refractivity contribution in [3.05, 3.63) is 24.3 Å². The number of benzene rings is 1. The second-order valence-electron chi connectivity index (χ2n) is 4.69. The molecule has 102 valence electrons. The molecule has 0 spiro atoms. The van der Waals surface area contributed by atoms with Gasteiger partial charge in [0.2, 0.25) is 0 Å². The van der Waals surface area contributed by atoms with Crippen molar-refractivity contribution >= 4 is 5.69 Å². The predicted octanol–water partition coefficient (Wildman–Crippen LogP) is 3.28. The number of ether oxygens (including phenoxy) is 1. The van der Waals surface area contributed by atoms with Crippen LogP contribution in [0.25, 0.3) is 0 Å². The molecule has 0 aliphatic heterocycles. The molecule has 0 amide bonds. The van der Waals surface area contributed by atoms with Gasteiger partial charge in [-0.1, -0.05) is 25.5 Å². The minimum absolute atomic E-state index is 0.204. The predicted molar refractivity (Wildman–Crippen MR) is 78.5 cm³/mol. The third-order valence-electron chi connectivity index (χ3n) is 2.57. The third kappa shape index (κ3) is 5.92. The maximum atomic E-state index is 5.76. The highest BCUT2D eigenvalue weighted by atomic mass is 16.5. The van der Waals surface area contributed by atoms with Crippen molar-refractivity contribution < 1.29 is 4.74 Å². The van der Waals surface area contributed by atoms with E-state index >= 15 is 0 Å². The SMILES string of the molecule is CCCCNCCNc1ccccc1OC(C)C. The van der Waals surface area contributed by atoms with Gasteiger partial charge in [-0.2, -0.15) is 0 Å². The molecule has 0 fully saturated rings. The molecule has 0 aliphatic carbocycles. The first-order valence-corrected chi connectivity index (χ1v) is 6.94. The monoisotopic (exact) mass is 250 g/mol. The van der Waals surface area contributed by atoms with Crippen LogP contribution < -0.4 is 15.4 Å². The van der Waals surface area contributed by atoms with Gasteiger partial charge >= 0.3 is 0 Å². The average molecular weight is 250 g/mol. The smallest absolute Gasteiger partial charge is 0.142 e. The molecule has 2 N–H and O–H groups in total. The second-order valence-corrected chi connectivity index (χ2v) is 4.69. The largest absolute Gasteiger partial charge is 0.489 e. The van der Waals surface area contributed by atoms with Gasteiger partial charge in [-0.05, 0) is 38.9 Å². The Morgan fingerprint density at radius 2 is 1.89 bits per heavy atom. The Bertz CT molecular complexity index is 326. The molecule has 0 unspecified atom stereocenters. The highest BCUT2D eigenvalue weighted by molar-refractivity contribution is 5.56. The Balaban J connectivity index is 2.32. The van der Waals surface area contributed by atoms with Gasteiger partial charge in [0.15, 0.2) is 0 Å². The van der Waals surface area contributed by atoms with E-state index in [-0.39, 0.29) is 6.10 Å². The fourth-order valence-corrected chi connectivity index (χ4v) is 1.68. The van der Waals surface area contributed by atoms with Gasteiger partial charge in [-0.25, -0.2) is 0 Å². The van der Waals surface area contributed by atoms with Crippen LogP contribution in [0.15, 0.2) is 24.3 Å². The van der Waals surface area contributed by atoms with E-state index in [1.54, 1.807) is 0 Å². The van der Waals surface area contributed by atoms with Gasteiger partial charge in [0.25, 0.3) is 0 Å². The highest BCUT2D eigenvalue weighted by Gasteiger charge is 2.03. The summed E-state index contributed by atoms with van der Waals surface area (Å²) < 4.78 is 5.76. The molecule has 1 rings (SSSR count). The molecular formula is C15H26N2O. The Morgan fingerprint density at radius 3 is 2.61 bits per heavy atom. The molecule has 1 aromatic rings. The van der Waals surface area contributed by atoms with E-state index in [1.807, 2.05) is 32.0 Å². The van der Waals surface area contributed by atoms with Crippen LogP contribution in [0.5, 0.6) is 5.75 Å². The first-order chi connectivity index (χ1) is 8.74. The molecule has 3 nitrogen and oxygen atoms in total. The van der Waals surface area contributed by atoms with Crippen LogP contribution in [-0.4, -0.2) is 25.7 Å². The van der Waals surface area contributed by atoms with Crippen molar-refractivity contribution in [3.63, 3.8) is 0 Å². The lowest BCUT2D eigenvalue weighted by Crippen LogP contribution is -2.23. The van der Waals surface area contributed by atoms with Crippen molar-refractivity contribution in [1.82, 2.24) is 5.32 Å². The lowest BCUT2D eigenvalue weighted by atomic mass is 10.3. The van der Waals surface area contributed by atoms with Crippen molar-refractivity contribution in [1.29, 1.82) is 0 Å². The molecule has 0 saturated carbocycles. The van der Waals surface area contributed by atoms with Crippen molar-refractivity contribution in [2.75, 3.05) is 25.0 Å². The zero-order chi connectivity index (χ0) is 13.2. The third-order valence-corrected chi connectivity index (χ3v) is 2.57. The summed E-state index contributed by atoms with van der Waals surface area (Å²) in [5.41, 5.74) is 1.07. The Kier molecular flexibility index (Phi) is 7.26. The molecule has 0 aliphatic rings.